The lowest BCUT2D eigenvalue weighted by Crippen LogP contribution is -2.24. The highest BCUT2D eigenvalue weighted by Gasteiger charge is 2.16. The van der Waals surface area contributed by atoms with Crippen molar-refractivity contribution in [3.8, 4) is 5.75 Å². The number of rotatable bonds is 6. The zero-order chi connectivity index (χ0) is 19.7. The number of ether oxygens (including phenoxy) is 1. The third-order valence-corrected chi connectivity index (χ3v) is 4.75. The Kier molecular flexibility index (Phi) is 4.71. The van der Waals surface area contributed by atoms with Crippen LogP contribution in [0.2, 0.25) is 0 Å². The van der Waals surface area contributed by atoms with Crippen LogP contribution in [0.3, 0.4) is 0 Å². The fourth-order valence-electron chi connectivity index (χ4n) is 3.38. The maximum absolute atomic E-state index is 11.6. The quantitative estimate of drug-likeness (QED) is 0.537. The van der Waals surface area contributed by atoms with Crippen LogP contribution in [0.1, 0.15) is 16.2 Å². The summed E-state index contributed by atoms with van der Waals surface area (Å²) in [5.74, 6) is -0.0127. The first-order valence-corrected chi connectivity index (χ1v) is 9.02. The molecule has 2 N–H and O–H groups in total. The van der Waals surface area contributed by atoms with Gasteiger partial charge in [-0.25, -0.2) is 9.78 Å². The topological polar surface area (TPSA) is 84.6 Å². The number of carbonyl (C=O) groups is 1. The highest BCUT2D eigenvalue weighted by Crippen LogP contribution is 2.26. The van der Waals surface area contributed by atoms with E-state index in [9.17, 15) is 15.0 Å². The Labute approximate surface area is 161 Å². The average molecular weight is 376 g/mol. The smallest absolute Gasteiger partial charge is 0.339 e. The number of aromatic carboxylic acids is 1. The molecule has 0 radical (unpaired) electrons. The van der Waals surface area contributed by atoms with E-state index in [0.717, 1.165) is 27.6 Å². The van der Waals surface area contributed by atoms with Crippen molar-refractivity contribution in [2.24, 2.45) is 0 Å². The Bertz CT molecular complexity index is 1170. The van der Waals surface area contributed by atoms with E-state index in [0.29, 0.717) is 6.54 Å². The van der Waals surface area contributed by atoms with Crippen molar-refractivity contribution in [3.63, 3.8) is 0 Å². The molecule has 0 saturated carbocycles. The van der Waals surface area contributed by atoms with Gasteiger partial charge in [-0.05, 0) is 42.0 Å². The van der Waals surface area contributed by atoms with Gasteiger partial charge in [-0.2, -0.15) is 0 Å². The minimum absolute atomic E-state index is 0.0232. The van der Waals surface area contributed by atoms with E-state index in [4.69, 9.17) is 4.74 Å². The number of carboxylic acid groups (broad SMARTS) is 1. The van der Waals surface area contributed by atoms with E-state index in [1.165, 1.54) is 0 Å². The van der Waals surface area contributed by atoms with Crippen LogP contribution in [-0.4, -0.2) is 38.4 Å². The molecule has 3 aromatic carbocycles. The van der Waals surface area contributed by atoms with E-state index in [-0.39, 0.29) is 17.9 Å². The second-order valence-corrected chi connectivity index (χ2v) is 6.72. The summed E-state index contributed by atoms with van der Waals surface area (Å²) in [6.07, 6.45) is -0.815. The average Bonchev–Trinajstić information content (AvgIpc) is 3.00. The number of benzene rings is 3. The van der Waals surface area contributed by atoms with Crippen molar-refractivity contribution in [1.29, 1.82) is 0 Å². The number of aromatic nitrogens is 2. The van der Waals surface area contributed by atoms with Gasteiger partial charge in [0.2, 0.25) is 0 Å². The standard InChI is InChI=1S/C22H20N2O4/c1-14-23-19-8-4-5-9-20(19)24(14)12-17(25)13-28-21-11-16-7-3-2-6-15(16)10-18(21)22(26)27/h2-11,17,25H,12-13H2,1H3,(H,26,27). The fourth-order valence-corrected chi connectivity index (χ4v) is 3.38. The SMILES string of the molecule is Cc1nc2ccccc2n1CC(O)COc1cc2ccccc2cc1C(=O)O. The van der Waals surface area contributed by atoms with Gasteiger partial charge in [0.1, 0.15) is 29.8 Å². The van der Waals surface area contributed by atoms with Gasteiger partial charge in [-0.3, -0.25) is 0 Å². The molecule has 28 heavy (non-hydrogen) atoms. The van der Waals surface area contributed by atoms with Crippen LogP contribution in [-0.2, 0) is 6.54 Å². The van der Waals surface area contributed by atoms with Crippen LogP contribution in [0.5, 0.6) is 5.75 Å². The van der Waals surface area contributed by atoms with Crippen molar-refractivity contribution in [1.82, 2.24) is 9.55 Å². The van der Waals surface area contributed by atoms with Crippen LogP contribution in [0.4, 0.5) is 0 Å². The first kappa shape index (κ1) is 18.0. The van der Waals surface area contributed by atoms with Gasteiger partial charge in [0.25, 0.3) is 0 Å². The molecule has 4 rings (SSSR count). The molecule has 0 spiro atoms. The Morgan fingerprint density at radius 3 is 2.54 bits per heavy atom. The zero-order valence-corrected chi connectivity index (χ0v) is 15.4. The number of fused-ring (bicyclic) bond motifs is 2. The van der Waals surface area contributed by atoms with Crippen molar-refractivity contribution in [3.05, 3.63) is 72.1 Å². The lowest BCUT2D eigenvalue weighted by Gasteiger charge is -2.16. The van der Waals surface area contributed by atoms with Gasteiger partial charge in [0, 0.05) is 0 Å². The molecule has 0 aliphatic rings. The van der Waals surface area contributed by atoms with Crippen molar-refractivity contribution >= 4 is 27.8 Å². The Morgan fingerprint density at radius 1 is 1.11 bits per heavy atom. The number of hydrogen-bond acceptors (Lipinski definition) is 4. The number of aliphatic hydroxyl groups is 1. The molecular formula is C22H20N2O4. The van der Waals surface area contributed by atoms with Gasteiger partial charge in [0.05, 0.1) is 17.6 Å². The van der Waals surface area contributed by atoms with Crippen molar-refractivity contribution < 1.29 is 19.7 Å². The van der Waals surface area contributed by atoms with Gasteiger partial charge >= 0.3 is 5.97 Å². The molecule has 142 valence electrons. The molecule has 1 unspecified atom stereocenters. The van der Waals surface area contributed by atoms with Crippen LogP contribution < -0.4 is 4.74 Å². The van der Waals surface area contributed by atoms with E-state index < -0.39 is 12.1 Å². The van der Waals surface area contributed by atoms with E-state index >= 15 is 0 Å². The van der Waals surface area contributed by atoms with Gasteiger partial charge in [-0.1, -0.05) is 36.4 Å². The van der Waals surface area contributed by atoms with Gasteiger partial charge in [0.15, 0.2) is 0 Å². The highest BCUT2D eigenvalue weighted by molar-refractivity contribution is 5.97. The zero-order valence-electron chi connectivity index (χ0n) is 15.4. The number of aryl methyl sites for hydroxylation is 1. The third kappa shape index (κ3) is 3.42. The normalized spacial score (nSPS) is 12.4. The summed E-state index contributed by atoms with van der Waals surface area (Å²) in [6, 6.07) is 18.5. The fraction of sp³-hybridized carbons (Fsp3) is 0.182. The van der Waals surface area contributed by atoms with E-state index in [1.807, 2.05) is 60.0 Å². The highest BCUT2D eigenvalue weighted by atomic mass is 16.5. The summed E-state index contributed by atoms with van der Waals surface area (Å²) in [6.45, 7) is 2.17. The number of imidazole rings is 1. The summed E-state index contributed by atoms with van der Waals surface area (Å²) in [5, 5.41) is 21.7. The molecule has 0 fully saturated rings. The third-order valence-electron chi connectivity index (χ3n) is 4.75. The molecule has 6 nitrogen and oxygen atoms in total. The van der Waals surface area contributed by atoms with Gasteiger partial charge < -0.3 is 19.5 Å². The molecule has 1 heterocycles. The number of hydrogen-bond donors (Lipinski definition) is 2. The lowest BCUT2D eigenvalue weighted by molar-refractivity contribution is 0.0678. The summed E-state index contributed by atoms with van der Waals surface area (Å²) in [4.78, 5) is 16.1. The second-order valence-electron chi connectivity index (χ2n) is 6.72. The number of carboxylic acids is 1. The van der Waals surface area contributed by atoms with Crippen LogP contribution in [0.25, 0.3) is 21.8 Å². The monoisotopic (exact) mass is 376 g/mol. The summed E-state index contributed by atoms with van der Waals surface area (Å²) in [5.41, 5.74) is 1.89. The molecule has 0 bridgehead atoms. The molecule has 6 heteroatoms. The Balaban J connectivity index is 1.54. The summed E-state index contributed by atoms with van der Waals surface area (Å²) >= 11 is 0. The molecule has 0 aliphatic heterocycles. The second kappa shape index (κ2) is 7.32. The predicted molar refractivity (Wildman–Crippen MR) is 107 cm³/mol. The lowest BCUT2D eigenvalue weighted by atomic mass is 10.1. The van der Waals surface area contributed by atoms with Crippen molar-refractivity contribution in [2.45, 2.75) is 19.6 Å². The minimum Gasteiger partial charge on any atom is -0.490 e. The molecular weight excluding hydrogens is 356 g/mol. The van der Waals surface area contributed by atoms with Crippen molar-refractivity contribution in [2.75, 3.05) is 6.61 Å². The number of para-hydroxylation sites is 2. The predicted octanol–water partition coefficient (Wildman–Crippen LogP) is 3.64. The largest absolute Gasteiger partial charge is 0.490 e. The molecule has 0 saturated heterocycles. The maximum atomic E-state index is 11.6. The number of nitrogens with zero attached hydrogens (tertiary/aromatic N) is 2. The van der Waals surface area contributed by atoms with E-state index in [2.05, 4.69) is 4.98 Å². The summed E-state index contributed by atoms with van der Waals surface area (Å²) in [7, 11) is 0. The van der Waals surface area contributed by atoms with Crippen LogP contribution in [0.15, 0.2) is 60.7 Å². The first-order chi connectivity index (χ1) is 13.5. The Hall–Kier alpha value is -3.38. The molecule has 0 aliphatic carbocycles. The molecule has 4 aromatic rings. The number of aliphatic hydroxyl groups excluding tert-OH is 1. The van der Waals surface area contributed by atoms with Crippen LogP contribution in [0, 0.1) is 6.92 Å². The molecule has 1 aromatic heterocycles. The Morgan fingerprint density at radius 2 is 1.79 bits per heavy atom. The first-order valence-electron chi connectivity index (χ1n) is 9.02. The van der Waals surface area contributed by atoms with Gasteiger partial charge in [-0.15, -0.1) is 0 Å². The van der Waals surface area contributed by atoms with Crippen LogP contribution >= 0.6 is 0 Å². The summed E-state index contributed by atoms with van der Waals surface area (Å²) < 4.78 is 7.64. The molecule has 0 amide bonds. The maximum Gasteiger partial charge on any atom is 0.339 e. The van der Waals surface area contributed by atoms with E-state index in [1.54, 1.807) is 12.1 Å². The minimum atomic E-state index is -1.06. The molecule has 1 atom stereocenters.